The average molecular weight is 278 g/mol. The van der Waals surface area contributed by atoms with E-state index in [2.05, 4.69) is 17.9 Å². The summed E-state index contributed by atoms with van der Waals surface area (Å²) < 4.78 is 5.51. The molecule has 0 aromatic carbocycles. The Morgan fingerprint density at radius 1 is 1.30 bits per heavy atom. The maximum Gasteiger partial charge on any atom is 0.410 e. The highest BCUT2D eigenvalue weighted by Gasteiger charge is 2.48. The number of rotatable bonds is 1. The molecule has 112 valence electrons. The molecule has 3 unspecified atom stereocenters. The van der Waals surface area contributed by atoms with Crippen molar-refractivity contribution >= 4 is 6.09 Å². The van der Waals surface area contributed by atoms with E-state index in [4.69, 9.17) is 4.74 Å². The van der Waals surface area contributed by atoms with Gasteiger partial charge < -0.3 is 9.64 Å². The number of fused-ring (bicyclic) bond motifs is 2. The van der Waals surface area contributed by atoms with E-state index >= 15 is 0 Å². The van der Waals surface area contributed by atoms with E-state index in [1.54, 1.807) is 0 Å². The molecule has 3 rings (SSSR count). The van der Waals surface area contributed by atoms with E-state index in [9.17, 15) is 4.79 Å². The highest BCUT2D eigenvalue weighted by molar-refractivity contribution is 5.69. The SMILES string of the molecule is CC1=CC(N2CC3CC2CN3C(=O)OC(C)(C)C)CC1. The minimum Gasteiger partial charge on any atom is -0.444 e. The van der Waals surface area contributed by atoms with Crippen LogP contribution in [0, 0.1) is 0 Å². The number of likely N-dealkylation sites (tertiary alicyclic amines) is 2. The topological polar surface area (TPSA) is 32.8 Å². The van der Waals surface area contributed by atoms with Crippen LogP contribution in [0.1, 0.15) is 47.0 Å². The molecule has 0 aromatic rings. The van der Waals surface area contributed by atoms with Crippen molar-refractivity contribution in [2.45, 2.75) is 70.7 Å². The van der Waals surface area contributed by atoms with Crippen molar-refractivity contribution in [1.82, 2.24) is 9.80 Å². The van der Waals surface area contributed by atoms with Gasteiger partial charge in [-0.3, -0.25) is 4.90 Å². The molecule has 0 spiro atoms. The highest BCUT2D eigenvalue weighted by Crippen LogP contribution is 2.36. The Labute approximate surface area is 121 Å². The molecule has 4 nitrogen and oxygen atoms in total. The van der Waals surface area contributed by atoms with Gasteiger partial charge in [-0.1, -0.05) is 11.6 Å². The van der Waals surface area contributed by atoms with Crippen LogP contribution in [0.15, 0.2) is 11.6 Å². The minimum absolute atomic E-state index is 0.136. The maximum atomic E-state index is 12.2. The molecule has 0 saturated carbocycles. The van der Waals surface area contributed by atoms with Gasteiger partial charge in [-0.15, -0.1) is 0 Å². The molecule has 20 heavy (non-hydrogen) atoms. The van der Waals surface area contributed by atoms with Crippen molar-refractivity contribution in [2.24, 2.45) is 0 Å². The first kappa shape index (κ1) is 13.9. The summed E-state index contributed by atoms with van der Waals surface area (Å²) in [4.78, 5) is 16.7. The van der Waals surface area contributed by atoms with Crippen molar-refractivity contribution < 1.29 is 9.53 Å². The lowest BCUT2D eigenvalue weighted by Crippen LogP contribution is -2.52. The largest absolute Gasteiger partial charge is 0.444 e. The molecule has 2 saturated heterocycles. The van der Waals surface area contributed by atoms with Crippen LogP contribution < -0.4 is 0 Å². The number of piperazine rings is 1. The molecule has 2 bridgehead atoms. The van der Waals surface area contributed by atoms with Crippen molar-refractivity contribution in [3.63, 3.8) is 0 Å². The maximum absolute atomic E-state index is 12.2. The quantitative estimate of drug-likeness (QED) is 0.691. The second-order valence-electron chi connectivity index (χ2n) is 7.49. The minimum atomic E-state index is -0.399. The molecule has 1 amide bonds. The molecule has 0 radical (unpaired) electrons. The fourth-order valence-electron chi connectivity index (χ4n) is 3.78. The predicted molar refractivity (Wildman–Crippen MR) is 78.6 cm³/mol. The van der Waals surface area contributed by atoms with E-state index < -0.39 is 5.60 Å². The summed E-state index contributed by atoms with van der Waals surface area (Å²) in [5, 5.41) is 0. The molecular formula is C16H26N2O2. The number of ether oxygens (including phenoxy) is 1. The third kappa shape index (κ3) is 2.58. The van der Waals surface area contributed by atoms with Crippen LogP contribution in [-0.2, 0) is 4.74 Å². The number of carbonyl (C=O) groups is 1. The summed E-state index contributed by atoms with van der Waals surface area (Å²) in [7, 11) is 0. The zero-order chi connectivity index (χ0) is 14.5. The summed E-state index contributed by atoms with van der Waals surface area (Å²) in [6.07, 6.45) is 5.87. The zero-order valence-corrected chi connectivity index (χ0v) is 13.1. The molecule has 2 aliphatic heterocycles. The monoisotopic (exact) mass is 278 g/mol. The molecule has 0 N–H and O–H groups in total. The van der Waals surface area contributed by atoms with E-state index in [-0.39, 0.29) is 6.09 Å². The average Bonchev–Trinajstić information content (AvgIpc) is 2.99. The normalized spacial score (nSPS) is 33.7. The first-order valence-corrected chi connectivity index (χ1v) is 7.76. The van der Waals surface area contributed by atoms with Crippen molar-refractivity contribution in [2.75, 3.05) is 13.1 Å². The van der Waals surface area contributed by atoms with Crippen LogP contribution in [0.25, 0.3) is 0 Å². The van der Waals surface area contributed by atoms with Crippen LogP contribution in [-0.4, -0.2) is 52.7 Å². The smallest absolute Gasteiger partial charge is 0.410 e. The van der Waals surface area contributed by atoms with Crippen LogP contribution in [0.4, 0.5) is 4.79 Å². The van der Waals surface area contributed by atoms with Gasteiger partial charge in [0.25, 0.3) is 0 Å². The lowest BCUT2D eigenvalue weighted by atomic mass is 10.2. The van der Waals surface area contributed by atoms with Gasteiger partial charge in [0.2, 0.25) is 0 Å². The summed E-state index contributed by atoms with van der Waals surface area (Å²) in [5.74, 6) is 0. The summed E-state index contributed by atoms with van der Waals surface area (Å²) in [6, 6.07) is 1.48. The first-order valence-electron chi connectivity index (χ1n) is 7.76. The van der Waals surface area contributed by atoms with Crippen LogP contribution >= 0.6 is 0 Å². The molecule has 3 atom stereocenters. The lowest BCUT2D eigenvalue weighted by molar-refractivity contribution is 0.0108. The Bertz CT molecular complexity index is 438. The molecule has 2 heterocycles. The molecule has 4 heteroatoms. The summed E-state index contributed by atoms with van der Waals surface area (Å²) in [6.45, 7) is 9.86. The van der Waals surface area contributed by atoms with Gasteiger partial charge in [-0.2, -0.15) is 0 Å². The number of hydrogen-bond donors (Lipinski definition) is 0. The highest BCUT2D eigenvalue weighted by atomic mass is 16.6. The van der Waals surface area contributed by atoms with Gasteiger partial charge in [0.1, 0.15) is 5.60 Å². The third-order valence-electron chi connectivity index (χ3n) is 4.65. The third-order valence-corrected chi connectivity index (χ3v) is 4.65. The lowest BCUT2D eigenvalue weighted by Gasteiger charge is -2.37. The van der Waals surface area contributed by atoms with Gasteiger partial charge >= 0.3 is 6.09 Å². The van der Waals surface area contributed by atoms with Crippen molar-refractivity contribution in [1.29, 1.82) is 0 Å². The fraction of sp³-hybridized carbons (Fsp3) is 0.812. The molecule has 2 fully saturated rings. The van der Waals surface area contributed by atoms with Gasteiger partial charge in [0.15, 0.2) is 0 Å². The molecule has 1 aliphatic carbocycles. The van der Waals surface area contributed by atoms with Gasteiger partial charge in [-0.25, -0.2) is 4.79 Å². The Morgan fingerprint density at radius 2 is 2.05 bits per heavy atom. The van der Waals surface area contributed by atoms with Crippen LogP contribution in [0.2, 0.25) is 0 Å². The number of allylic oxidation sites excluding steroid dienone is 1. The number of hydrogen-bond acceptors (Lipinski definition) is 3. The molecule has 0 aromatic heterocycles. The van der Waals surface area contributed by atoms with Gasteiger partial charge in [-0.05, 0) is 47.0 Å². The first-order chi connectivity index (χ1) is 9.33. The Morgan fingerprint density at radius 3 is 2.55 bits per heavy atom. The van der Waals surface area contributed by atoms with Crippen LogP contribution in [0.3, 0.4) is 0 Å². The standard InChI is InChI=1S/C16H26N2O2/c1-11-5-6-12(7-11)17-9-14-8-13(17)10-18(14)15(19)20-16(2,3)4/h7,12-14H,5-6,8-10H2,1-4H3. The Balaban J connectivity index is 1.60. The van der Waals surface area contributed by atoms with Crippen LogP contribution in [0.5, 0.6) is 0 Å². The Hall–Kier alpha value is -1.03. The van der Waals surface area contributed by atoms with E-state index in [1.807, 2.05) is 25.7 Å². The Kier molecular flexibility index (Phi) is 3.32. The fourth-order valence-corrected chi connectivity index (χ4v) is 3.78. The predicted octanol–water partition coefficient (Wildman–Crippen LogP) is 2.79. The van der Waals surface area contributed by atoms with E-state index in [0.717, 1.165) is 19.5 Å². The molecular weight excluding hydrogens is 252 g/mol. The number of amides is 1. The number of nitrogens with zero attached hydrogens (tertiary/aromatic N) is 2. The van der Waals surface area contributed by atoms with Gasteiger partial charge in [0.05, 0.1) is 0 Å². The summed E-state index contributed by atoms with van der Waals surface area (Å²) in [5.41, 5.74) is 1.12. The van der Waals surface area contributed by atoms with E-state index in [1.165, 1.54) is 18.4 Å². The van der Waals surface area contributed by atoms with Crippen molar-refractivity contribution in [3.05, 3.63) is 11.6 Å². The number of carbonyl (C=O) groups excluding carboxylic acids is 1. The summed E-state index contributed by atoms with van der Waals surface area (Å²) >= 11 is 0. The van der Waals surface area contributed by atoms with Crippen molar-refractivity contribution in [3.8, 4) is 0 Å². The molecule has 3 aliphatic rings. The van der Waals surface area contributed by atoms with E-state index in [0.29, 0.717) is 18.1 Å². The second kappa shape index (κ2) is 4.76. The second-order valence-corrected chi connectivity index (χ2v) is 7.49. The zero-order valence-electron chi connectivity index (χ0n) is 13.1. The van der Waals surface area contributed by atoms with Gasteiger partial charge in [0, 0.05) is 31.2 Å².